The van der Waals surface area contributed by atoms with Gasteiger partial charge in [0, 0.05) is 22.2 Å². The highest BCUT2D eigenvalue weighted by molar-refractivity contribution is 9.10. The first-order valence-electron chi connectivity index (χ1n) is 6.70. The zero-order chi connectivity index (χ0) is 14.2. The van der Waals surface area contributed by atoms with Crippen LogP contribution in [-0.4, -0.2) is 17.8 Å². The average Bonchev–Trinajstić information content (AvgIpc) is 2.83. The molecule has 0 radical (unpaired) electrons. The molecule has 4 heteroatoms. The van der Waals surface area contributed by atoms with E-state index in [0.29, 0.717) is 12.8 Å². The minimum Gasteiger partial charge on any atom is -0.497 e. The molecule has 1 N–H and O–H groups in total. The van der Waals surface area contributed by atoms with Gasteiger partial charge in [0.2, 0.25) is 0 Å². The summed E-state index contributed by atoms with van der Waals surface area (Å²) in [4.78, 5) is 1.22. The van der Waals surface area contributed by atoms with Gasteiger partial charge in [-0.25, -0.2) is 0 Å². The fraction of sp³-hybridized carbons (Fsp3) is 0.375. The highest BCUT2D eigenvalue weighted by Gasteiger charge is 2.33. The quantitative estimate of drug-likeness (QED) is 0.905. The number of hydrogen-bond acceptors (Lipinski definition) is 3. The Labute approximate surface area is 131 Å². The van der Waals surface area contributed by atoms with Gasteiger partial charge >= 0.3 is 0 Å². The Morgan fingerprint density at radius 2 is 2.20 bits per heavy atom. The molecular formula is C16H17BrO2S. The second-order valence-electron chi connectivity index (χ2n) is 5.40. The van der Waals surface area contributed by atoms with Crippen molar-refractivity contribution < 1.29 is 9.84 Å². The first-order chi connectivity index (χ1) is 9.59. The molecule has 2 aromatic rings. The number of thiophene rings is 1. The number of ether oxygens (including phenoxy) is 1. The second kappa shape index (κ2) is 5.51. The van der Waals surface area contributed by atoms with Crippen LogP contribution in [0.5, 0.6) is 5.75 Å². The van der Waals surface area contributed by atoms with Crippen LogP contribution in [0.1, 0.15) is 22.4 Å². The van der Waals surface area contributed by atoms with E-state index in [1.54, 1.807) is 18.4 Å². The van der Waals surface area contributed by atoms with Gasteiger partial charge in [0.15, 0.2) is 0 Å². The van der Waals surface area contributed by atoms with E-state index in [1.165, 1.54) is 16.0 Å². The molecular weight excluding hydrogens is 336 g/mol. The van der Waals surface area contributed by atoms with E-state index in [9.17, 15) is 5.11 Å². The molecule has 1 heterocycles. The highest BCUT2D eigenvalue weighted by atomic mass is 79.9. The molecule has 1 atom stereocenters. The predicted octanol–water partition coefficient (Wildman–Crippen LogP) is 3.98. The maximum Gasteiger partial charge on any atom is 0.119 e. The fourth-order valence-corrected chi connectivity index (χ4v) is 4.48. The SMILES string of the molecule is COc1ccc2c(c1)CC(O)(Cc1sccc1Br)CC2. The minimum atomic E-state index is -0.646. The molecule has 0 fully saturated rings. The maximum atomic E-state index is 10.9. The van der Waals surface area contributed by atoms with Gasteiger partial charge in [-0.1, -0.05) is 6.07 Å². The Morgan fingerprint density at radius 3 is 2.90 bits per heavy atom. The summed E-state index contributed by atoms with van der Waals surface area (Å²) in [7, 11) is 1.68. The van der Waals surface area contributed by atoms with E-state index >= 15 is 0 Å². The molecule has 106 valence electrons. The Morgan fingerprint density at radius 1 is 1.35 bits per heavy atom. The lowest BCUT2D eigenvalue weighted by molar-refractivity contribution is 0.0273. The van der Waals surface area contributed by atoms with Gasteiger partial charge in [-0.15, -0.1) is 11.3 Å². The molecule has 20 heavy (non-hydrogen) atoms. The normalized spacial score (nSPS) is 21.6. The van der Waals surface area contributed by atoms with Crippen molar-refractivity contribution in [2.75, 3.05) is 7.11 Å². The smallest absolute Gasteiger partial charge is 0.119 e. The van der Waals surface area contributed by atoms with Gasteiger partial charge < -0.3 is 9.84 Å². The lowest BCUT2D eigenvalue weighted by Crippen LogP contribution is -2.37. The van der Waals surface area contributed by atoms with Gasteiger partial charge in [-0.3, -0.25) is 0 Å². The molecule has 2 nitrogen and oxygen atoms in total. The van der Waals surface area contributed by atoms with Crippen molar-refractivity contribution in [1.82, 2.24) is 0 Å². The van der Waals surface area contributed by atoms with Crippen LogP contribution in [0.3, 0.4) is 0 Å². The highest BCUT2D eigenvalue weighted by Crippen LogP contribution is 2.36. The Balaban J connectivity index is 1.84. The van der Waals surface area contributed by atoms with Crippen LogP contribution >= 0.6 is 27.3 Å². The first kappa shape index (κ1) is 14.1. The van der Waals surface area contributed by atoms with Crippen molar-refractivity contribution in [3.05, 3.63) is 50.1 Å². The van der Waals surface area contributed by atoms with Gasteiger partial charge in [0.1, 0.15) is 5.75 Å². The van der Waals surface area contributed by atoms with Crippen molar-refractivity contribution in [3.8, 4) is 5.75 Å². The second-order valence-corrected chi connectivity index (χ2v) is 7.26. The number of benzene rings is 1. The lowest BCUT2D eigenvalue weighted by atomic mass is 9.78. The van der Waals surface area contributed by atoms with Crippen LogP contribution in [0.25, 0.3) is 0 Å². The topological polar surface area (TPSA) is 29.5 Å². The third kappa shape index (κ3) is 2.78. The summed E-state index contributed by atoms with van der Waals surface area (Å²) in [6, 6.07) is 8.22. The molecule has 1 aliphatic rings. The fourth-order valence-electron chi connectivity index (χ4n) is 2.85. The molecule has 0 aliphatic heterocycles. The van der Waals surface area contributed by atoms with Gasteiger partial charge in [-0.2, -0.15) is 0 Å². The molecule has 0 saturated carbocycles. The van der Waals surface area contributed by atoms with Crippen LogP contribution in [0.2, 0.25) is 0 Å². The first-order valence-corrected chi connectivity index (χ1v) is 8.37. The average molecular weight is 353 g/mol. The van der Waals surface area contributed by atoms with Crippen LogP contribution in [0.4, 0.5) is 0 Å². The summed E-state index contributed by atoms with van der Waals surface area (Å²) in [6.07, 6.45) is 3.15. The zero-order valence-corrected chi connectivity index (χ0v) is 13.8. The van der Waals surface area contributed by atoms with Gasteiger partial charge in [0.05, 0.1) is 12.7 Å². The standard InChI is InChI=1S/C16H17BrO2S/c1-19-13-3-2-11-4-6-16(18,9-12(11)8-13)10-15-14(17)5-7-20-15/h2-3,5,7-8,18H,4,6,9-10H2,1H3. The lowest BCUT2D eigenvalue weighted by Gasteiger charge is -2.33. The monoisotopic (exact) mass is 352 g/mol. The molecule has 1 aliphatic carbocycles. The Kier molecular flexibility index (Phi) is 3.89. The summed E-state index contributed by atoms with van der Waals surface area (Å²) >= 11 is 5.25. The molecule has 0 spiro atoms. The van der Waals surface area contributed by atoms with Crippen molar-refractivity contribution in [1.29, 1.82) is 0 Å². The van der Waals surface area contributed by atoms with E-state index in [2.05, 4.69) is 33.4 Å². The Hall–Kier alpha value is -0.840. The van der Waals surface area contributed by atoms with Crippen LogP contribution in [0, 0.1) is 0 Å². The summed E-state index contributed by atoms with van der Waals surface area (Å²) in [5.41, 5.74) is 1.90. The van der Waals surface area contributed by atoms with Crippen LogP contribution in [-0.2, 0) is 19.3 Å². The third-order valence-corrected chi connectivity index (χ3v) is 5.90. The van der Waals surface area contributed by atoms with Crippen molar-refractivity contribution >= 4 is 27.3 Å². The summed E-state index contributed by atoms with van der Waals surface area (Å²) < 4.78 is 6.39. The predicted molar refractivity (Wildman–Crippen MR) is 85.7 cm³/mol. The molecule has 0 amide bonds. The van der Waals surface area contributed by atoms with Crippen molar-refractivity contribution in [2.45, 2.75) is 31.3 Å². The maximum absolute atomic E-state index is 10.9. The van der Waals surface area contributed by atoms with Crippen molar-refractivity contribution in [3.63, 3.8) is 0 Å². The van der Waals surface area contributed by atoms with Crippen LogP contribution < -0.4 is 4.74 Å². The van der Waals surface area contributed by atoms with Gasteiger partial charge in [-0.05, 0) is 63.5 Å². The summed E-state index contributed by atoms with van der Waals surface area (Å²) in [5, 5.41) is 13.0. The Bertz CT molecular complexity index is 623. The molecule has 1 unspecified atom stereocenters. The molecule has 1 aromatic carbocycles. The van der Waals surface area contributed by atoms with Gasteiger partial charge in [0.25, 0.3) is 0 Å². The number of methoxy groups -OCH3 is 1. The van der Waals surface area contributed by atoms with E-state index in [0.717, 1.165) is 23.1 Å². The number of halogens is 1. The largest absolute Gasteiger partial charge is 0.497 e. The number of aliphatic hydroxyl groups is 1. The molecule has 0 bridgehead atoms. The molecule has 1 aromatic heterocycles. The van der Waals surface area contributed by atoms with Crippen molar-refractivity contribution in [2.24, 2.45) is 0 Å². The number of aryl methyl sites for hydroxylation is 1. The number of hydrogen-bond donors (Lipinski definition) is 1. The van der Waals surface area contributed by atoms with Crippen LogP contribution in [0.15, 0.2) is 34.1 Å². The number of fused-ring (bicyclic) bond motifs is 1. The third-order valence-electron chi connectivity index (χ3n) is 3.97. The van der Waals surface area contributed by atoms with E-state index in [1.807, 2.05) is 12.1 Å². The zero-order valence-electron chi connectivity index (χ0n) is 11.4. The molecule has 0 saturated heterocycles. The minimum absolute atomic E-state index is 0.646. The summed E-state index contributed by atoms with van der Waals surface area (Å²) in [5.74, 6) is 0.866. The van der Waals surface area contributed by atoms with E-state index < -0.39 is 5.60 Å². The van der Waals surface area contributed by atoms with E-state index in [-0.39, 0.29) is 0 Å². The number of rotatable bonds is 3. The molecule has 3 rings (SSSR count). The van der Waals surface area contributed by atoms with E-state index in [4.69, 9.17) is 4.74 Å². The summed E-state index contributed by atoms with van der Waals surface area (Å²) in [6.45, 7) is 0.